The zero-order valence-electron chi connectivity index (χ0n) is 18.9. The van der Waals surface area contributed by atoms with Crippen molar-refractivity contribution in [3.63, 3.8) is 0 Å². The highest BCUT2D eigenvalue weighted by Crippen LogP contribution is 2.38. The summed E-state index contributed by atoms with van der Waals surface area (Å²) >= 11 is 10.1. The van der Waals surface area contributed by atoms with Crippen LogP contribution in [0.15, 0.2) is 62.7 Å². The van der Waals surface area contributed by atoms with Gasteiger partial charge in [-0.05, 0) is 25.1 Å². The van der Waals surface area contributed by atoms with Gasteiger partial charge < -0.3 is 15.1 Å². The van der Waals surface area contributed by atoms with Gasteiger partial charge in [-0.1, -0.05) is 37.2 Å². The number of allylic oxidation sites excluding steroid dienone is 2. The molecule has 2 aliphatic heterocycles. The molecule has 0 spiro atoms. The second kappa shape index (κ2) is 10.4. The van der Waals surface area contributed by atoms with E-state index in [-0.39, 0.29) is 33.1 Å². The van der Waals surface area contributed by atoms with E-state index < -0.39 is 45.7 Å². The Kier molecular flexibility index (Phi) is 7.62. The first kappa shape index (κ1) is 27.1. The van der Waals surface area contributed by atoms with E-state index in [9.17, 15) is 22.0 Å². The van der Waals surface area contributed by atoms with Crippen molar-refractivity contribution >= 4 is 41.8 Å². The van der Waals surface area contributed by atoms with E-state index >= 15 is 0 Å². The second-order valence-electron chi connectivity index (χ2n) is 8.67. The summed E-state index contributed by atoms with van der Waals surface area (Å²) in [6.07, 6.45) is 5.03. The number of piperazine rings is 1. The summed E-state index contributed by atoms with van der Waals surface area (Å²) in [7, 11) is 0. The molecular weight excluding hydrogens is 531 g/mol. The van der Waals surface area contributed by atoms with Crippen LogP contribution >= 0.6 is 24.2 Å². The van der Waals surface area contributed by atoms with Crippen LogP contribution in [0.2, 0.25) is 0 Å². The number of rotatable bonds is 3. The Morgan fingerprint density at radius 1 is 1.03 bits per heavy atom. The molecule has 2 heterocycles. The van der Waals surface area contributed by atoms with Gasteiger partial charge in [0.05, 0.1) is 17.3 Å². The largest absolute Gasteiger partial charge is 0.363 e. The SMILES string of the molecule is C.CC1CN(c2c(F)c(F)c(S)c(F)c2F)CCN1C1=C2C=C(Cl)C(c3ccccc3F)=CC2N=CN1. The van der Waals surface area contributed by atoms with Crippen molar-refractivity contribution < 1.29 is 22.0 Å². The summed E-state index contributed by atoms with van der Waals surface area (Å²) in [5, 5.41) is 3.46. The molecule has 0 saturated carbocycles. The number of fused-ring (bicyclic) bond motifs is 1. The zero-order valence-corrected chi connectivity index (χ0v) is 20.5. The molecular formula is C26H24ClF5N4S. The minimum Gasteiger partial charge on any atom is -0.363 e. The Balaban J connectivity index is 0.00000320. The van der Waals surface area contributed by atoms with Crippen molar-refractivity contribution in [2.24, 2.45) is 4.99 Å². The quantitative estimate of drug-likeness (QED) is 0.267. The van der Waals surface area contributed by atoms with Crippen LogP contribution in [-0.4, -0.2) is 43.0 Å². The van der Waals surface area contributed by atoms with Crippen LogP contribution in [0.25, 0.3) is 5.57 Å². The Labute approximate surface area is 222 Å². The topological polar surface area (TPSA) is 30.9 Å². The van der Waals surface area contributed by atoms with Crippen LogP contribution in [-0.2, 0) is 0 Å². The minimum atomic E-state index is -1.53. The number of thiol groups is 1. The fraction of sp³-hybridized carbons (Fsp3) is 0.269. The fourth-order valence-electron chi connectivity index (χ4n) is 4.75. The maximum Gasteiger partial charge on any atom is 0.186 e. The van der Waals surface area contributed by atoms with E-state index in [1.165, 1.54) is 17.3 Å². The highest BCUT2D eigenvalue weighted by molar-refractivity contribution is 7.80. The number of nitrogens with one attached hydrogen (secondary N) is 1. The number of halogens is 6. The van der Waals surface area contributed by atoms with E-state index in [1.807, 2.05) is 11.8 Å². The summed E-state index contributed by atoms with van der Waals surface area (Å²) in [4.78, 5) is 6.72. The lowest BCUT2D eigenvalue weighted by Gasteiger charge is -2.44. The van der Waals surface area contributed by atoms with Gasteiger partial charge in [-0.3, -0.25) is 4.99 Å². The van der Waals surface area contributed by atoms with Crippen LogP contribution in [0.1, 0.15) is 19.9 Å². The first-order chi connectivity index (χ1) is 17.2. The molecule has 0 amide bonds. The Morgan fingerprint density at radius 3 is 2.35 bits per heavy atom. The van der Waals surface area contributed by atoms with Crippen LogP contribution in [0, 0.1) is 29.1 Å². The molecule has 196 valence electrons. The maximum atomic E-state index is 14.6. The lowest BCUT2D eigenvalue weighted by atomic mass is 9.92. The van der Waals surface area contributed by atoms with Gasteiger partial charge in [0.2, 0.25) is 0 Å². The Morgan fingerprint density at radius 2 is 1.70 bits per heavy atom. The lowest BCUT2D eigenvalue weighted by Crippen LogP contribution is -2.54. The number of anilines is 1. The number of benzene rings is 2. The molecule has 2 aromatic rings. The van der Waals surface area contributed by atoms with Crippen molar-refractivity contribution in [3.8, 4) is 0 Å². The summed E-state index contributed by atoms with van der Waals surface area (Å²) in [5.74, 6) is -5.72. The molecule has 37 heavy (non-hydrogen) atoms. The summed E-state index contributed by atoms with van der Waals surface area (Å²) < 4.78 is 71.7. The molecule has 5 rings (SSSR count). The van der Waals surface area contributed by atoms with Crippen LogP contribution in [0.3, 0.4) is 0 Å². The van der Waals surface area contributed by atoms with Gasteiger partial charge in [0.15, 0.2) is 23.3 Å². The normalized spacial score (nSPS) is 21.2. The molecule has 0 radical (unpaired) electrons. The first-order valence-corrected chi connectivity index (χ1v) is 11.9. The third kappa shape index (κ3) is 4.61. The second-order valence-corrected chi connectivity index (χ2v) is 9.52. The van der Waals surface area contributed by atoms with Gasteiger partial charge in [0.1, 0.15) is 17.3 Å². The third-order valence-electron chi connectivity index (χ3n) is 6.50. The third-order valence-corrected chi connectivity index (χ3v) is 7.21. The number of hydrogen-bond donors (Lipinski definition) is 2. The smallest absolute Gasteiger partial charge is 0.186 e. The van der Waals surface area contributed by atoms with Gasteiger partial charge in [0.25, 0.3) is 0 Å². The molecule has 1 aliphatic carbocycles. The first-order valence-electron chi connectivity index (χ1n) is 11.1. The molecule has 0 bridgehead atoms. The number of hydrogen-bond acceptors (Lipinski definition) is 5. The predicted molar refractivity (Wildman–Crippen MR) is 139 cm³/mol. The van der Waals surface area contributed by atoms with E-state index in [4.69, 9.17) is 11.6 Å². The molecule has 3 aliphatic rings. The highest BCUT2D eigenvalue weighted by atomic mass is 35.5. The summed E-state index contributed by atoms with van der Waals surface area (Å²) in [6.45, 7) is 2.30. The average Bonchev–Trinajstić information content (AvgIpc) is 2.86. The highest BCUT2D eigenvalue weighted by Gasteiger charge is 2.35. The van der Waals surface area contributed by atoms with Crippen molar-refractivity contribution in [1.29, 1.82) is 0 Å². The number of aliphatic imine (C=N–C) groups is 1. The van der Waals surface area contributed by atoms with Crippen molar-refractivity contribution in [2.75, 3.05) is 24.5 Å². The maximum absolute atomic E-state index is 14.6. The van der Waals surface area contributed by atoms with Gasteiger partial charge in [0, 0.05) is 47.4 Å². The minimum absolute atomic E-state index is 0. The molecule has 4 nitrogen and oxygen atoms in total. The van der Waals surface area contributed by atoms with Crippen molar-refractivity contribution in [3.05, 3.63) is 87.5 Å². The average molecular weight is 555 g/mol. The van der Waals surface area contributed by atoms with Crippen LogP contribution in [0.4, 0.5) is 27.6 Å². The number of nitrogens with zero attached hydrogens (tertiary/aromatic N) is 3. The summed E-state index contributed by atoms with van der Waals surface area (Å²) in [5.41, 5.74) is 0.895. The van der Waals surface area contributed by atoms with Crippen molar-refractivity contribution in [2.45, 2.75) is 31.3 Å². The Bertz CT molecular complexity index is 1340. The lowest BCUT2D eigenvalue weighted by molar-refractivity contribution is 0.229. The van der Waals surface area contributed by atoms with Crippen LogP contribution < -0.4 is 10.2 Å². The van der Waals surface area contributed by atoms with Gasteiger partial charge in [-0.25, -0.2) is 22.0 Å². The fourth-order valence-corrected chi connectivity index (χ4v) is 5.23. The molecule has 1 saturated heterocycles. The van der Waals surface area contributed by atoms with Crippen LogP contribution in [0.5, 0.6) is 0 Å². The molecule has 1 N–H and O–H groups in total. The molecule has 0 aromatic heterocycles. The Hall–Kier alpha value is -2.98. The molecule has 2 atom stereocenters. The van der Waals surface area contributed by atoms with Gasteiger partial charge in [-0.15, -0.1) is 12.6 Å². The zero-order chi connectivity index (χ0) is 25.7. The summed E-state index contributed by atoms with van der Waals surface area (Å²) in [6, 6.07) is 5.58. The van der Waals surface area contributed by atoms with Crippen molar-refractivity contribution in [1.82, 2.24) is 10.2 Å². The molecule has 11 heteroatoms. The predicted octanol–water partition coefficient (Wildman–Crippen LogP) is 6.25. The molecule has 1 fully saturated rings. The van der Waals surface area contributed by atoms with E-state index in [0.717, 1.165) is 5.57 Å². The molecule has 2 aromatic carbocycles. The van der Waals surface area contributed by atoms with E-state index in [2.05, 4.69) is 22.9 Å². The monoisotopic (exact) mass is 554 g/mol. The van der Waals surface area contributed by atoms with E-state index in [1.54, 1.807) is 30.4 Å². The molecule has 2 unspecified atom stereocenters. The standard InChI is InChI=1S/C25H20ClF5N4S.CH4/c1-12-10-34(23-19(28)21(30)24(36)22(31)20(23)29)6-7-35(12)25-15-8-16(26)14(9-18(15)32-11-33-25)13-4-2-3-5-17(13)27;/h2-5,8-9,11-12,18,36H,6-7,10H2,1H3,(H,32,33);1H4. The van der Waals surface area contributed by atoms with Gasteiger partial charge >= 0.3 is 0 Å². The van der Waals surface area contributed by atoms with Gasteiger partial charge in [-0.2, -0.15) is 0 Å². The van der Waals surface area contributed by atoms with E-state index in [0.29, 0.717) is 22.0 Å².